The van der Waals surface area contributed by atoms with E-state index in [0.29, 0.717) is 29.5 Å². The van der Waals surface area contributed by atoms with Crippen molar-refractivity contribution in [2.45, 2.75) is 6.42 Å². The highest BCUT2D eigenvalue weighted by atomic mass is 35.5. The van der Waals surface area contributed by atoms with E-state index in [4.69, 9.17) is 21.1 Å². The third kappa shape index (κ3) is 5.50. The summed E-state index contributed by atoms with van der Waals surface area (Å²) in [5, 5.41) is 3.17. The van der Waals surface area contributed by atoms with Gasteiger partial charge in [0.05, 0.1) is 19.2 Å². The Kier molecular flexibility index (Phi) is 6.83. The standard InChI is InChI=1S/C19H19ClFNO3/c1-24-17-12-14(11-16(20)19(17)25-2)5-8-18(23)22-10-9-13-3-6-15(21)7-4-13/h3-8,11-12H,9-10H2,1-2H3,(H,22,23)/b8-5+. The van der Waals surface area contributed by atoms with Crippen LogP contribution in [0.5, 0.6) is 11.5 Å². The van der Waals surface area contributed by atoms with Gasteiger partial charge in [-0.15, -0.1) is 0 Å². The Labute approximate surface area is 151 Å². The zero-order chi connectivity index (χ0) is 18.2. The van der Waals surface area contributed by atoms with Crippen molar-refractivity contribution >= 4 is 23.6 Å². The molecule has 0 saturated carbocycles. The van der Waals surface area contributed by atoms with E-state index in [0.717, 1.165) is 11.1 Å². The summed E-state index contributed by atoms with van der Waals surface area (Å²) in [4.78, 5) is 11.9. The summed E-state index contributed by atoms with van der Waals surface area (Å²) in [6.07, 6.45) is 3.69. The Morgan fingerprint density at radius 1 is 1.20 bits per heavy atom. The first-order valence-corrected chi connectivity index (χ1v) is 8.03. The minimum Gasteiger partial charge on any atom is -0.493 e. The molecule has 4 nitrogen and oxygen atoms in total. The van der Waals surface area contributed by atoms with Crippen LogP contribution in [0.25, 0.3) is 6.08 Å². The summed E-state index contributed by atoms with van der Waals surface area (Å²) in [5.41, 5.74) is 1.67. The second-order valence-electron chi connectivity index (χ2n) is 5.24. The molecule has 0 aliphatic heterocycles. The number of amides is 1. The molecule has 0 aliphatic rings. The fraction of sp³-hybridized carbons (Fsp3) is 0.211. The predicted molar refractivity (Wildman–Crippen MR) is 96.7 cm³/mol. The first-order chi connectivity index (χ1) is 12.0. The summed E-state index contributed by atoms with van der Waals surface area (Å²) in [7, 11) is 3.03. The third-order valence-electron chi connectivity index (χ3n) is 3.51. The van der Waals surface area contributed by atoms with Crippen LogP contribution in [0.15, 0.2) is 42.5 Å². The van der Waals surface area contributed by atoms with Crippen molar-refractivity contribution in [1.82, 2.24) is 5.32 Å². The van der Waals surface area contributed by atoms with Gasteiger partial charge in [-0.1, -0.05) is 23.7 Å². The van der Waals surface area contributed by atoms with Crippen molar-refractivity contribution in [3.05, 3.63) is 64.4 Å². The van der Waals surface area contributed by atoms with Gasteiger partial charge in [0.2, 0.25) is 5.91 Å². The molecule has 6 heteroatoms. The maximum atomic E-state index is 12.8. The van der Waals surface area contributed by atoms with E-state index in [9.17, 15) is 9.18 Å². The van der Waals surface area contributed by atoms with Gasteiger partial charge in [0.25, 0.3) is 0 Å². The van der Waals surface area contributed by atoms with Crippen molar-refractivity contribution in [3.63, 3.8) is 0 Å². The largest absolute Gasteiger partial charge is 0.493 e. The maximum Gasteiger partial charge on any atom is 0.244 e. The number of benzene rings is 2. The van der Waals surface area contributed by atoms with Crippen LogP contribution in [0.2, 0.25) is 5.02 Å². The number of carbonyl (C=O) groups is 1. The SMILES string of the molecule is COc1cc(/C=C/C(=O)NCCc2ccc(F)cc2)cc(Cl)c1OC. The lowest BCUT2D eigenvalue weighted by atomic mass is 10.1. The molecule has 0 radical (unpaired) electrons. The van der Waals surface area contributed by atoms with Crippen molar-refractivity contribution in [3.8, 4) is 11.5 Å². The minimum atomic E-state index is -0.274. The molecule has 0 unspecified atom stereocenters. The molecule has 2 aromatic rings. The molecule has 0 fully saturated rings. The molecule has 0 atom stereocenters. The molecular weight excluding hydrogens is 345 g/mol. The zero-order valence-corrected chi connectivity index (χ0v) is 14.8. The highest BCUT2D eigenvalue weighted by Crippen LogP contribution is 2.36. The van der Waals surface area contributed by atoms with Gasteiger partial charge < -0.3 is 14.8 Å². The van der Waals surface area contributed by atoms with Crippen LogP contribution in [-0.4, -0.2) is 26.7 Å². The van der Waals surface area contributed by atoms with Crippen LogP contribution >= 0.6 is 11.6 Å². The fourth-order valence-electron chi connectivity index (χ4n) is 2.25. The van der Waals surface area contributed by atoms with E-state index in [2.05, 4.69) is 5.32 Å². The average Bonchev–Trinajstić information content (AvgIpc) is 2.61. The van der Waals surface area contributed by atoms with Gasteiger partial charge in [0.15, 0.2) is 11.5 Å². The lowest BCUT2D eigenvalue weighted by Crippen LogP contribution is -2.23. The number of methoxy groups -OCH3 is 2. The van der Waals surface area contributed by atoms with Crippen LogP contribution in [0.4, 0.5) is 4.39 Å². The van der Waals surface area contributed by atoms with Gasteiger partial charge in [-0.2, -0.15) is 0 Å². The molecule has 2 rings (SSSR count). The highest BCUT2D eigenvalue weighted by Gasteiger charge is 2.09. The van der Waals surface area contributed by atoms with E-state index in [1.807, 2.05) is 0 Å². The molecular formula is C19H19ClFNO3. The molecule has 0 saturated heterocycles. The minimum absolute atomic E-state index is 0.229. The number of rotatable bonds is 7. The maximum absolute atomic E-state index is 12.8. The van der Waals surface area contributed by atoms with Gasteiger partial charge in [-0.05, 0) is 47.9 Å². The third-order valence-corrected chi connectivity index (χ3v) is 3.79. The van der Waals surface area contributed by atoms with Crippen LogP contribution < -0.4 is 14.8 Å². The lowest BCUT2D eigenvalue weighted by molar-refractivity contribution is -0.116. The van der Waals surface area contributed by atoms with Crippen molar-refractivity contribution < 1.29 is 18.7 Å². The molecule has 1 N–H and O–H groups in total. The smallest absolute Gasteiger partial charge is 0.244 e. The molecule has 0 spiro atoms. The molecule has 0 aliphatic carbocycles. The van der Waals surface area contributed by atoms with Crippen molar-refractivity contribution in [2.75, 3.05) is 20.8 Å². The Morgan fingerprint density at radius 3 is 2.56 bits per heavy atom. The number of hydrogen-bond donors (Lipinski definition) is 1. The highest BCUT2D eigenvalue weighted by molar-refractivity contribution is 6.32. The van der Waals surface area contributed by atoms with E-state index in [1.165, 1.54) is 32.4 Å². The van der Waals surface area contributed by atoms with Crippen molar-refractivity contribution in [2.24, 2.45) is 0 Å². The lowest BCUT2D eigenvalue weighted by Gasteiger charge is -2.10. The van der Waals surface area contributed by atoms with E-state index < -0.39 is 0 Å². The quantitative estimate of drug-likeness (QED) is 0.760. The Morgan fingerprint density at radius 2 is 1.92 bits per heavy atom. The summed E-state index contributed by atoms with van der Waals surface area (Å²) >= 11 is 6.13. The molecule has 0 aromatic heterocycles. The van der Waals surface area contributed by atoms with Crippen LogP contribution in [0.3, 0.4) is 0 Å². The van der Waals surface area contributed by atoms with E-state index >= 15 is 0 Å². The zero-order valence-electron chi connectivity index (χ0n) is 14.0. The van der Waals surface area contributed by atoms with Crippen molar-refractivity contribution in [1.29, 1.82) is 0 Å². The van der Waals surface area contributed by atoms with Gasteiger partial charge in [-0.3, -0.25) is 4.79 Å². The molecule has 1 amide bonds. The normalized spacial score (nSPS) is 10.7. The molecule has 0 bridgehead atoms. The summed E-state index contributed by atoms with van der Waals surface area (Å²) in [5.74, 6) is 0.439. The second-order valence-corrected chi connectivity index (χ2v) is 5.65. The molecule has 25 heavy (non-hydrogen) atoms. The van der Waals surface area contributed by atoms with Crippen LogP contribution in [-0.2, 0) is 11.2 Å². The number of nitrogens with one attached hydrogen (secondary N) is 1. The molecule has 132 valence electrons. The Balaban J connectivity index is 1.91. The molecule has 2 aromatic carbocycles. The van der Waals surface area contributed by atoms with Crippen LogP contribution in [0.1, 0.15) is 11.1 Å². The van der Waals surface area contributed by atoms with Gasteiger partial charge >= 0.3 is 0 Å². The monoisotopic (exact) mass is 363 g/mol. The fourth-order valence-corrected chi connectivity index (χ4v) is 2.54. The topological polar surface area (TPSA) is 47.6 Å². The number of hydrogen-bond acceptors (Lipinski definition) is 3. The number of ether oxygens (including phenoxy) is 2. The van der Waals surface area contributed by atoms with Gasteiger partial charge in [0, 0.05) is 12.6 Å². The van der Waals surface area contributed by atoms with Gasteiger partial charge in [0.1, 0.15) is 5.82 Å². The predicted octanol–water partition coefficient (Wildman–Crippen LogP) is 3.87. The summed E-state index contributed by atoms with van der Waals surface area (Å²) in [6, 6.07) is 9.61. The summed E-state index contributed by atoms with van der Waals surface area (Å²) in [6.45, 7) is 0.460. The number of halogens is 2. The first kappa shape index (κ1) is 18.8. The Bertz CT molecular complexity index is 760. The average molecular weight is 364 g/mol. The number of carbonyl (C=O) groups excluding carboxylic acids is 1. The van der Waals surface area contributed by atoms with Gasteiger partial charge in [-0.25, -0.2) is 4.39 Å². The molecule has 0 heterocycles. The van der Waals surface area contributed by atoms with E-state index in [-0.39, 0.29) is 11.7 Å². The Hall–Kier alpha value is -2.53. The van der Waals surface area contributed by atoms with E-state index in [1.54, 1.807) is 30.3 Å². The van der Waals surface area contributed by atoms with Crippen LogP contribution in [0, 0.1) is 5.82 Å². The summed E-state index contributed by atoms with van der Waals surface area (Å²) < 4.78 is 23.2. The second kappa shape index (κ2) is 9.08. The first-order valence-electron chi connectivity index (χ1n) is 7.65.